The standard InChI is InChI=1S/C18H31NO3/c1-6-9-17(20)15-11-13(10-14(7-2)21-4)19-12-16(15)18(8-3)22-5/h11-12,14,17-18,20H,6-10H2,1-5H3. The smallest absolute Gasteiger partial charge is 0.0837 e. The summed E-state index contributed by atoms with van der Waals surface area (Å²) in [5.41, 5.74) is 2.92. The zero-order valence-electron chi connectivity index (χ0n) is 14.6. The molecule has 0 aliphatic rings. The molecule has 0 aliphatic heterocycles. The molecule has 1 rings (SSSR count). The van der Waals surface area contributed by atoms with E-state index >= 15 is 0 Å². The second kappa shape index (κ2) is 9.93. The Hall–Kier alpha value is -0.970. The van der Waals surface area contributed by atoms with Crippen molar-refractivity contribution >= 4 is 0 Å². The van der Waals surface area contributed by atoms with Gasteiger partial charge in [0.1, 0.15) is 0 Å². The third-order valence-corrected chi connectivity index (χ3v) is 4.17. The van der Waals surface area contributed by atoms with E-state index in [1.54, 1.807) is 14.2 Å². The number of aliphatic hydroxyl groups is 1. The van der Waals surface area contributed by atoms with Crippen LogP contribution in [0.15, 0.2) is 12.3 Å². The molecule has 0 saturated carbocycles. The van der Waals surface area contributed by atoms with Crippen LogP contribution in [0.5, 0.6) is 0 Å². The average Bonchev–Trinajstić information content (AvgIpc) is 2.54. The predicted octanol–water partition coefficient (Wildman–Crippen LogP) is 3.98. The van der Waals surface area contributed by atoms with E-state index in [2.05, 4.69) is 25.8 Å². The molecule has 1 N–H and O–H groups in total. The molecule has 0 aliphatic carbocycles. The van der Waals surface area contributed by atoms with Crippen LogP contribution in [0, 0.1) is 0 Å². The number of rotatable bonds is 10. The van der Waals surface area contributed by atoms with Gasteiger partial charge in [-0.2, -0.15) is 0 Å². The molecule has 1 aromatic heterocycles. The molecule has 0 bridgehead atoms. The number of aliphatic hydroxyl groups excluding tert-OH is 1. The maximum absolute atomic E-state index is 10.5. The lowest BCUT2D eigenvalue weighted by Gasteiger charge is -2.22. The molecule has 0 fully saturated rings. The number of aromatic nitrogens is 1. The molecule has 4 nitrogen and oxygen atoms in total. The highest BCUT2D eigenvalue weighted by atomic mass is 16.5. The Bertz CT molecular complexity index is 428. The van der Waals surface area contributed by atoms with Crippen molar-refractivity contribution in [2.24, 2.45) is 0 Å². The maximum Gasteiger partial charge on any atom is 0.0837 e. The second-order valence-electron chi connectivity index (χ2n) is 5.71. The molecule has 22 heavy (non-hydrogen) atoms. The molecule has 0 saturated heterocycles. The highest BCUT2D eigenvalue weighted by Gasteiger charge is 2.20. The van der Waals surface area contributed by atoms with E-state index in [0.717, 1.165) is 48.9 Å². The van der Waals surface area contributed by atoms with Gasteiger partial charge in [-0.1, -0.05) is 27.2 Å². The zero-order chi connectivity index (χ0) is 16.5. The van der Waals surface area contributed by atoms with E-state index < -0.39 is 6.10 Å². The summed E-state index contributed by atoms with van der Waals surface area (Å²) in [5.74, 6) is 0. The number of methoxy groups -OCH3 is 2. The van der Waals surface area contributed by atoms with E-state index in [-0.39, 0.29) is 12.2 Å². The number of hydrogen-bond acceptors (Lipinski definition) is 4. The van der Waals surface area contributed by atoms with Crippen LogP contribution >= 0.6 is 0 Å². The van der Waals surface area contributed by atoms with E-state index in [1.807, 2.05) is 12.3 Å². The Morgan fingerprint density at radius 1 is 1.09 bits per heavy atom. The van der Waals surface area contributed by atoms with Gasteiger partial charge in [0.25, 0.3) is 0 Å². The molecular formula is C18H31NO3. The van der Waals surface area contributed by atoms with Crippen LogP contribution < -0.4 is 0 Å². The van der Waals surface area contributed by atoms with Crippen LogP contribution in [-0.4, -0.2) is 30.4 Å². The first-order chi connectivity index (χ1) is 10.6. The molecule has 3 unspecified atom stereocenters. The van der Waals surface area contributed by atoms with Gasteiger partial charge in [0.2, 0.25) is 0 Å². The Morgan fingerprint density at radius 2 is 1.82 bits per heavy atom. The van der Waals surface area contributed by atoms with Gasteiger partial charge >= 0.3 is 0 Å². The summed E-state index contributed by atoms with van der Waals surface area (Å²) in [6.07, 6.45) is 5.81. The number of hydrogen-bond donors (Lipinski definition) is 1. The van der Waals surface area contributed by atoms with Crippen molar-refractivity contribution < 1.29 is 14.6 Å². The highest BCUT2D eigenvalue weighted by Crippen LogP contribution is 2.30. The average molecular weight is 309 g/mol. The Morgan fingerprint density at radius 3 is 2.32 bits per heavy atom. The summed E-state index contributed by atoms with van der Waals surface area (Å²) in [4.78, 5) is 4.56. The lowest BCUT2D eigenvalue weighted by molar-refractivity contribution is 0.0925. The lowest BCUT2D eigenvalue weighted by Crippen LogP contribution is -2.15. The Kier molecular flexibility index (Phi) is 8.61. The van der Waals surface area contributed by atoms with Crippen molar-refractivity contribution in [1.29, 1.82) is 0 Å². The summed E-state index contributed by atoms with van der Waals surface area (Å²) in [7, 11) is 3.43. The van der Waals surface area contributed by atoms with Gasteiger partial charge in [0, 0.05) is 38.1 Å². The monoisotopic (exact) mass is 309 g/mol. The van der Waals surface area contributed by atoms with Gasteiger partial charge in [-0.3, -0.25) is 4.98 Å². The van der Waals surface area contributed by atoms with Crippen LogP contribution in [0.4, 0.5) is 0 Å². The topological polar surface area (TPSA) is 51.6 Å². The second-order valence-corrected chi connectivity index (χ2v) is 5.71. The fraction of sp³-hybridized carbons (Fsp3) is 0.722. The highest BCUT2D eigenvalue weighted by molar-refractivity contribution is 5.31. The van der Waals surface area contributed by atoms with Gasteiger partial charge < -0.3 is 14.6 Å². The minimum Gasteiger partial charge on any atom is -0.388 e. The minimum atomic E-state index is -0.464. The molecule has 1 heterocycles. The summed E-state index contributed by atoms with van der Waals surface area (Å²) < 4.78 is 11.0. The Balaban J connectivity index is 3.12. The van der Waals surface area contributed by atoms with Crippen molar-refractivity contribution in [1.82, 2.24) is 4.98 Å². The number of nitrogens with zero attached hydrogens (tertiary/aromatic N) is 1. The van der Waals surface area contributed by atoms with Crippen LogP contribution in [0.25, 0.3) is 0 Å². The van der Waals surface area contributed by atoms with Crippen molar-refractivity contribution in [3.8, 4) is 0 Å². The van der Waals surface area contributed by atoms with Crippen molar-refractivity contribution in [2.45, 2.75) is 71.2 Å². The van der Waals surface area contributed by atoms with Crippen LogP contribution in [0.3, 0.4) is 0 Å². The zero-order valence-corrected chi connectivity index (χ0v) is 14.6. The van der Waals surface area contributed by atoms with Crippen molar-refractivity contribution in [2.75, 3.05) is 14.2 Å². The largest absolute Gasteiger partial charge is 0.388 e. The number of pyridine rings is 1. The Labute approximate surface area is 134 Å². The van der Waals surface area contributed by atoms with E-state index in [0.29, 0.717) is 0 Å². The SMILES string of the molecule is CCCC(O)c1cc(CC(CC)OC)ncc1C(CC)OC. The van der Waals surface area contributed by atoms with E-state index in [1.165, 1.54) is 0 Å². The predicted molar refractivity (Wildman–Crippen MR) is 88.9 cm³/mol. The number of ether oxygens (including phenoxy) is 2. The van der Waals surface area contributed by atoms with Crippen molar-refractivity contribution in [3.63, 3.8) is 0 Å². The summed E-state index contributed by atoms with van der Waals surface area (Å²) in [5, 5.41) is 10.5. The third-order valence-electron chi connectivity index (χ3n) is 4.17. The van der Waals surface area contributed by atoms with Gasteiger partial charge in [-0.25, -0.2) is 0 Å². The maximum atomic E-state index is 10.5. The molecule has 1 aromatic rings. The minimum absolute atomic E-state index is 0.0209. The van der Waals surface area contributed by atoms with Crippen molar-refractivity contribution in [3.05, 3.63) is 29.1 Å². The summed E-state index contributed by atoms with van der Waals surface area (Å²) in [6, 6.07) is 2.03. The van der Waals surface area contributed by atoms with Crippen LogP contribution in [0.1, 0.15) is 75.5 Å². The summed E-state index contributed by atoms with van der Waals surface area (Å²) in [6.45, 7) is 6.26. The van der Waals surface area contributed by atoms with Crippen LogP contribution in [0.2, 0.25) is 0 Å². The molecular weight excluding hydrogens is 278 g/mol. The van der Waals surface area contributed by atoms with Gasteiger partial charge in [0.05, 0.1) is 18.3 Å². The molecule has 0 spiro atoms. The molecule has 126 valence electrons. The lowest BCUT2D eigenvalue weighted by atomic mass is 9.95. The van der Waals surface area contributed by atoms with E-state index in [4.69, 9.17) is 9.47 Å². The van der Waals surface area contributed by atoms with E-state index in [9.17, 15) is 5.11 Å². The first-order valence-electron chi connectivity index (χ1n) is 8.33. The molecule has 0 amide bonds. The normalized spacial score (nSPS) is 15.5. The third kappa shape index (κ3) is 5.04. The quantitative estimate of drug-likeness (QED) is 0.710. The van der Waals surface area contributed by atoms with Gasteiger partial charge in [-0.15, -0.1) is 0 Å². The van der Waals surface area contributed by atoms with Gasteiger partial charge in [0.15, 0.2) is 0 Å². The fourth-order valence-electron chi connectivity index (χ4n) is 2.77. The van der Waals surface area contributed by atoms with Crippen LogP contribution in [-0.2, 0) is 15.9 Å². The summed E-state index contributed by atoms with van der Waals surface area (Å²) >= 11 is 0. The molecule has 4 heteroatoms. The van der Waals surface area contributed by atoms with Gasteiger partial charge in [-0.05, 0) is 30.9 Å². The molecule has 0 radical (unpaired) electrons. The first-order valence-corrected chi connectivity index (χ1v) is 8.33. The first kappa shape index (κ1) is 19.1. The molecule has 0 aromatic carbocycles. The molecule has 3 atom stereocenters. The fourth-order valence-corrected chi connectivity index (χ4v) is 2.77.